The number of hydrogen-bond acceptors (Lipinski definition) is 6. The van der Waals surface area contributed by atoms with Crippen molar-refractivity contribution in [1.82, 2.24) is 4.57 Å². The third-order valence-electron chi connectivity index (χ3n) is 6.53. The van der Waals surface area contributed by atoms with Crippen LogP contribution in [0.1, 0.15) is 39.0 Å². The van der Waals surface area contributed by atoms with Crippen LogP contribution in [-0.2, 0) is 6.54 Å². The molecular weight excluding hydrogens is 470 g/mol. The molecule has 0 unspecified atom stereocenters. The van der Waals surface area contributed by atoms with Gasteiger partial charge in [0, 0.05) is 40.7 Å². The van der Waals surface area contributed by atoms with E-state index in [1.54, 1.807) is 37.3 Å². The number of nitrogens with zero attached hydrogens (tertiary/aromatic N) is 1. The summed E-state index contributed by atoms with van der Waals surface area (Å²) in [7, 11) is 1.54. The first-order valence-corrected chi connectivity index (χ1v) is 11.9. The number of aromatic nitrogens is 1. The molecule has 0 atom stereocenters. The lowest BCUT2D eigenvalue weighted by atomic mass is 10.0. The van der Waals surface area contributed by atoms with Gasteiger partial charge >= 0.3 is 5.97 Å². The molecule has 0 bridgehead atoms. The van der Waals surface area contributed by atoms with Gasteiger partial charge in [0.1, 0.15) is 11.5 Å². The highest BCUT2D eigenvalue weighted by Crippen LogP contribution is 2.38. The van der Waals surface area contributed by atoms with E-state index in [2.05, 4.69) is 17.6 Å². The van der Waals surface area contributed by atoms with Crippen LogP contribution in [0, 0.1) is 6.92 Å². The number of aryl methyl sites for hydroxylation is 2. The third kappa shape index (κ3) is 3.76. The zero-order chi connectivity index (χ0) is 25.7. The van der Waals surface area contributed by atoms with Crippen molar-refractivity contribution in [2.75, 3.05) is 7.11 Å². The second-order valence-corrected chi connectivity index (χ2v) is 8.82. The number of hydrogen-bond donors (Lipinski definition) is 0. The molecule has 1 aliphatic heterocycles. The van der Waals surface area contributed by atoms with E-state index in [1.807, 2.05) is 36.5 Å². The number of ketones is 1. The summed E-state index contributed by atoms with van der Waals surface area (Å²) in [6, 6.07) is 18.2. The van der Waals surface area contributed by atoms with Gasteiger partial charge in [-0.3, -0.25) is 4.79 Å². The summed E-state index contributed by atoms with van der Waals surface area (Å²) in [5.74, 6) is 0.536. The molecule has 1 aliphatic rings. The lowest BCUT2D eigenvalue weighted by Crippen LogP contribution is -2.07. The molecule has 0 spiro atoms. The van der Waals surface area contributed by atoms with E-state index < -0.39 is 5.97 Å². The molecule has 0 amide bonds. The first-order valence-electron chi connectivity index (χ1n) is 11.9. The Kier molecular flexibility index (Phi) is 5.34. The van der Waals surface area contributed by atoms with Crippen molar-refractivity contribution in [2.24, 2.45) is 0 Å². The Morgan fingerprint density at radius 1 is 1.08 bits per heavy atom. The predicted molar refractivity (Wildman–Crippen MR) is 139 cm³/mol. The summed E-state index contributed by atoms with van der Waals surface area (Å²) in [6.45, 7) is 4.67. The second-order valence-electron chi connectivity index (χ2n) is 8.82. The smallest absolute Gasteiger partial charge is 0.379 e. The summed E-state index contributed by atoms with van der Waals surface area (Å²) in [6.07, 6.45) is 3.78. The average molecular weight is 494 g/mol. The fraction of sp³-hybridized carbons (Fsp3) is 0.133. The number of rotatable bonds is 5. The molecule has 0 N–H and O–H groups in total. The standard InChI is InChI=1S/C30H23NO6/c1-4-31-16-19(21-9-5-6-10-22(21)31)14-25-28(32)27-17(2)12-20(15-24(27)36-25)35-30(33)26-13-18-8-7-11-23(34-3)29(18)37-26/h5-16H,4H2,1-3H3/b25-14-. The van der Waals surface area contributed by atoms with Gasteiger partial charge in [-0.1, -0.05) is 30.3 Å². The van der Waals surface area contributed by atoms with Crippen molar-refractivity contribution in [2.45, 2.75) is 20.4 Å². The average Bonchev–Trinajstić information content (AvgIpc) is 3.58. The van der Waals surface area contributed by atoms with Crippen LogP contribution in [0.5, 0.6) is 17.2 Å². The third-order valence-corrected chi connectivity index (χ3v) is 6.53. The van der Waals surface area contributed by atoms with E-state index >= 15 is 0 Å². The number of carbonyl (C=O) groups excluding carboxylic acids is 2. The highest BCUT2D eigenvalue weighted by molar-refractivity contribution is 6.16. The number of benzene rings is 3. The van der Waals surface area contributed by atoms with Crippen LogP contribution < -0.4 is 14.2 Å². The summed E-state index contributed by atoms with van der Waals surface area (Å²) < 4.78 is 24.7. The molecule has 3 aromatic carbocycles. The number of Topliss-reactive ketones (excluding diaryl/α,β-unsaturated/α-hetero) is 1. The van der Waals surface area contributed by atoms with Crippen LogP contribution >= 0.6 is 0 Å². The van der Waals surface area contributed by atoms with Crippen LogP contribution in [0.4, 0.5) is 0 Å². The van der Waals surface area contributed by atoms with E-state index in [1.165, 1.54) is 7.11 Å². The normalized spacial score (nSPS) is 13.8. The second kappa shape index (κ2) is 8.71. The molecule has 0 saturated heterocycles. The molecule has 37 heavy (non-hydrogen) atoms. The number of para-hydroxylation sites is 2. The van der Waals surface area contributed by atoms with Gasteiger partial charge < -0.3 is 23.2 Å². The molecule has 6 rings (SSSR count). The molecule has 3 heterocycles. The Labute approximate surface area is 212 Å². The van der Waals surface area contributed by atoms with Gasteiger partial charge in [-0.15, -0.1) is 0 Å². The van der Waals surface area contributed by atoms with Gasteiger partial charge in [0.05, 0.1) is 12.7 Å². The quantitative estimate of drug-likeness (QED) is 0.157. The SMILES string of the molecule is CCn1cc(/C=C2\Oc3cc(OC(=O)c4cc5cccc(OC)c5o4)cc(C)c3C2=O)c2ccccc21. The van der Waals surface area contributed by atoms with Crippen molar-refractivity contribution in [3.63, 3.8) is 0 Å². The lowest BCUT2D eigenvalue weighted by molar-refractivity contribution is 0.0703. The highest BCUT2D eigenvalue weighted by Gasteiger charge is 2.31. The minimum absolute atomic E-state index is 0.0440. The maximum Gasteiger partial charge on any atom is 0.379 e. The first kappa shape index (κ1) is 22.7. The number of furan rings is 1. The number of fused-ring (bicyclic) bond motifs is 3. The number of esters is 1. The van der Waals surface area contributed by atoms with Gasteiger partial charge in [0.25, 0.3) is 0 Å². The van der Waals surface area contributed by atoms with Gasteiger partial charge in [0.15, 0.2) is 17.1 Å². The fourth-order valence-electron chi connectivity index (χ4n) is 4.78. The Morgan fingerprint density at radius 2 is 1.92 bits per heavy atom. The molecule has 0 saturated carbocycles. The summed E-state index contributed by atoms with van der Waals surface area (Å²) in [4.78, 5) is 26.1. The van der Waals surface area contributed by atoms with E-state index in [9.17, 15) is 9.59 Å². The summed E-state index contributed by atoms with van der Waals surface area (Å²) >= 11 is 0. The van der Waals surface area contributed by atoms with E-state index in [-0.39, 0.29) is 23.1 Å². The molecule has 0 aliphatic carbocycles. The van der Waals surface area contributed by atoms with Crippen molar-refractivity contribution >= 4 is 39.7 Å². The summed E-state index contributed by atoms with van der Waals surface area (Å²) in [5.41, 5.74) is 3.57. The van der Waals surface area contributed by atoms with Crippen LogP contribution in [0.15, 0.2) is 77.0 Å². The highest BCUT2D eigenvalue weighted by atomic mass is 16.6. The largest absolute Gasteiger partial charge is 0.493 e. The van der Waals surface area contributed by atoms with Crippen LogP contribution in [0.25, 0.3) is 27.9 Å². The minimum atomic E-state index is -0.662. The Balaban J connectivity index is 1.30. The van der Waals surface area contributed by atoms with Crippen LogP contribution in [-0.4, -0.2) is 23.4 Å². The molecule has 7 heteroatoms. The van der Waals surface area contributed by atoms with Crippen LogP contribution in [0.2, 0.25) is 0 Å². The van der Waals surface area contributed by atoms with Crippen molar-refractivity contribution in [3.8, 4) is 17.2 Å². The maximum absolute atomic E-state index is 13.2. The van der Waals surface area contributed by atoms with Crippen molar-refractivity contribution in [1.29, 1.82) is 0 Å². The number of methoxy groups -OCH3 is 1. The number of allylic oxidation sites excluding steroid dienone is 1. The zero-order valence-corrected chi connectivity index (χ0v) is 20.5. The van der Waals surface area contributed by atoms with Crippen molar-refractivity contribution in [3.05, 3.63) is 95.1 Å². The Bertz CT molecular complexity index is 1750. The molecule has 7 nitrogen and oxygen atoms in total. The minimum Gasteiger partial charge on any atom is -0.493 e. The van der Waals surface area contributed by atoms with Gasteiger partial charge in [-0.2, -0.15) is 0 Å². The van der Waals surface area contributed by atoms with Gasteiger partial charge in [-0.25, -0.2) is 4.79 Å². The molecular formula is C30H23NO6. The lowest BCUT2D eigenvalue weighted by Gasteiger charge is -2.06. The molecule has 0 fully saturated rings. The zero-order valence-electron chi connectivity index (χ0n) is 20.5. The summed E-state index contributed by atoms with van der Waals surface area (Å²) in [5, 5.41) is 1.77. The van der Waals surface area contributed by atoms with E-state index in [0.29, 0.717) is 28.2 Å². The van der Waals surface area contributed by atoms with Gasteiger partial charge in [0.2, 0.25) is 11.5 Å². The Hall–Kier alpha value is -4.78. The monoisotopic (exact) mass is 493 g/mol. The van der Waals surface area contributed by atoms with E-state index in [0.717, 1.165) is 28.4 Å². The molecule has 184 valence electrons. The predicted octanol–water partition coefficient (Wildman–Crippen LogP) is 6.56. The Morgan fingerprint density at radius 3 is 2.73 bits per heavy atom. The number of ether oxygens (including phenoxy) is 3. The topological polar surface area (TPSA) is 79.9 Å². The van der Waals surface area contributed by atoms with Crippen molar-refractivity contribution < 1.29 is 28.2 Å². The maximum atomic E-state index is 13.2. The fourth-order valence-corrected chi connectivity index (χ4v) is 4.78. The molecule has 2 aromatic heterocycles. The van der Waals surface area contributed by atoms with Crippen LogP contribution in [0.3, 0.4) is 0 Å². The van der Waals surface area contributed by atoms with E-state index in [4.69, 9.17) is 18.6 Å². The first-order chi connectivity index (χ1) is 18.0. The van der Waals surface area contributed by atoms with Gasteiger partial charge in [-0.05, 0) is 49.8 Å². The molecule has 5 aromatic rings. The number of carbonyl (C=O) groups is 2. The molecule has 0 radical (unpaired) electrons.